The minimum atomic E-state index is -0.759. The number of amides is 3. The Labute approximate surface area is 150 Å². The van der Waals surface area contributed by atoms with E-state index in [4.69, 9.17) is 4.74 Å². The van der Waals surface area contributed by atoms with Gasteiger partial charge in [0.1, 0.15) is 6.29 Å². The number of aldehydes is 1. The van der Waals surface area contributed by atoms with E-state index in [1.165, 1.54) is 24.3 Å². The first-order valence-corrected chi connectivity index (χ1v) is 7.79. The number of ether oxygens (including phenoxy) is 1. The Hall–Kier alpha value is -3.48. The molecule has 2 N–H and O–H groups in total. The van der Waals surface area contributed by atoms with E-state index in [0.717, 1.165) is 11.1 Å². The van der Waals surface area contributed by atoms with Crippen molar-refractivity contribution in [3.05, 3.63) is 64.7 Å². The van der Waals surface area contributed by atoms with Gasteiger partial charge in [-0.2, -0.15) is 0 Å². The Balaban J connectivity index is 1.82. The summed E-state index contributed by atoms with van der Waals surface area (Å²) in [5.74, 6) is -1.49. The fourth-order valence-electron chi connectivity index (χ4n) is 2.18. The third-order valence-corrected chi connectivity index (χ3v) is 3.50. The molecule has 0 spiro atoms. The van der Waals surface area contributed by atoms with E-state index in [-0.39, 0.29) is 5.56 Å². The van der Waals surface area contributed by atoms with E-state index in [9.17, 15) is 19.2 Å². The van der Waals surface area contributed by atoms with Crippen LogP contribution in [-0.4, -0.2) is 30.8 Å². The zero-order chi connectivity index (χ0) is 19.1. The second-order valence-corrected chi connectivity index (χ2v) is 5.64. The molecular weight excluding hydrogens is 336 g/mol. The normalized spacial score (nSPS) is 9.92. The van der Waals surface area contributed by atoms with Gasteiger partial charge in [0.15, 0.2) is 6.61 Å². The van der Waals surface area contributed by atoms with Crippen molar-refractivity contribution in [1.29, 1.82) is 0 Å². The van der Waals surface area contributed by atoms with Crippen LogP contribution in [-0.2, 0) is 9.53 Å². The van der Waals surface area contributed by atoms with E-state index in [2.05, 4.69) is 10.6 Å². The van der Waals surface area contributed by atoms with Gasteiger partial charge < -0.3 is 10.1 Å². The summed E-state index contributed by atoms with van der Waals surface area (Å²) >= 11 is 0. The van der Waals surface area contributed by atoms with Gasteiger partial charge in [-0.1, -0.05) is 29.8 Å². The average Bonchev–Trinajstić information content (AvgIpc) is 2.62. The van der Waals surface area contributed by atoms with Crippen LogP contribution >= 0.6 is 0 Å². The number of hydrogen-bond acceptors (Lipinski definition) is 5. The van der Waals surface area contributed by atoms with E-state index >= 15 is 0 Å². The number of aryl methyl sites for hydroxylation is 2. The summed E-state index contributed by atoms with van der Waals surface area (Å²) < 4.78 is 4.83. The smallest absolute Gasteiger partial charge is 0.338 e. The van der Waals surface area contributed by atoms with Gasteiger partial charge in [-0.25, -0.2) is 9.59 Å². The molecule has 0 aliphatic heterocycles. The molecule has 0 atom stereocenters. The van der Waals surface area contributed by atoms with Crippen LogP contribution in [0.3, 0.4) is 0 Å². The molecule has 0 bridgehead atoms. The first-order chi connectivity index (χ1) is 12.4. The number of imide groups is 1. The quantitative estimate of drug-likeness (QED) is 0.635. The molecule has 0 aromatic heterocycles. The highest BCUT2D eigenvalue weighted by Crippen LogP contribution is 2.15. The topological polar surface area (TPSA) is 102 Å². The van der Waals surface area contributed by atoms with E-state index < -0.39 is 24.5 Å². The molecule has 0 aliphatic carbocycles. The number of carbonyl (C=O) groups excluding carboxylic acids is 4. The van der Waals surface area contributed by atoms with Crippen molar-refractivity contribution in [3.63, 3.8) is 0 Å². The number of anilines is 1. The van der Waals surface area contributed by atoms with Crippen LogP contribution in [0.2, 0.25) is 0 Å². The third kappa shape index (κ3) is 5.27. The second kappa shape index (κ2) is 8.57. The van der Waals surface area contributed by atoms with E-state index in [1.54, 1.807) is 6.07 Å². The minimum absolute atomic E-state index is 0.197. The number of esters is 1. The maximum atomic E-state index is 11.8. The summed E-state index contributed by atoms with van der Waals surface area (Å²) in [4.78, 5) is 45.9. The van der Waals surface area contributed by atoms with Crippen molar-refractivity contribution in [1.82, 2.24) is 5.32 Å². The van der Waals surface area contributed by atoms with Crippen molar-refractivity contribution in [2.75, 3.05) is 11.9 Å². The van der Waals surface area contributed by atoms with Crippen LogP contribution in [0.15, 0.2) is 42.5 Å². The molecule has 3 amide bonds. The minimum Gasteiger partial charge on any atom is -0.452 e. The maximum absolute atomic E-state index is 11.8. The fourth-order valence-corrected chi connectivity index (χ4v) is 2.18. The van der Waals surface area contributed by atoms with Crippen molar-refractivity contribution in [3.8, 4) is 0 Å². The number of urea groups is 1. The fraction of sp³-hybridized carbons (Fsp3) is 0.158. The number of nitrogens with one attached hydrogen (secondary N) is 2. The lowest BCUT2D eigenvalue weighted by atomic mass is 10.1. The Bertz CT molecular complexity index is 844. The Kier molecular flexibility index (Phi) is 6.21. The summed E-state index contributed by atoms with van der Waals surface area (Å²) in [6, 6.07) is 10.5. The van der Waals surface area contributed by atoms with Gasteiger partial charge in [0.2, 0.25) is 0 Å². The second-order valence-electron chi connectivity index (χ2n) is 5.64. The molecular formula is C19H18N2O5. The predicted molar refractivity (Wildman–Crippen MR) is 95.2 cm³/mol. The lowest BCUT2D eigenvalue weighted by Crippen LogP contribution is -2.37. The molecule has 0 unspecified atom stereocenters. The summed E-state index contributed by atoms with van der Waals surface area (Å²) in [6.07, 6.45) is 0.650. The summed E-state index contributed by atoms with van der Waals surface area (Å²) in [6.45, 7) is 3.16. The largest absolute Gasteiger partial charge is 0.452 e. The number of rotatable bonds is 5. The summed E-state index contributed by atoms with van der Waals surface area (Å²) in [5, 5.41) is 4.64. The van der Waals surface area contributed by atoms with Gasteiger partial charge in [-0.05, 0) is 37.6 Å². The van der Waals surface area contributed by atoms with Crippen LogP contribution in [0.1, 0.15) is 31.8 Å². The molecule has 26 heavy (non-hydrogen) atoms. The first-order valence-electron chi connectivity index (χ1n) is 7.79. The van der Waals surface area contributed by atoms with Gasteiger partial charge in [0.25, 0.3) is 5.91 Å². The lowest BCUT2D eigenvalue weighted by molar-refractivity contribution is -0.123. The van der Waals surface area contributed by atoms with Crippen LogP contribution < -0.4 is 10.6 Å². The zero-order valence-corrected chi connectivity index (χ0v) is 14.4. The zero-order valence-electron chi connectivity index (χ0n) is 14.4. The Morgan fingerprint density at radius 1 is 1.04 bits per heavy atom. The molecule has 0 radical (unpaired) electrons. The SMILES string of the molecule is Cc1ccc(NC(=O)NC(=O)COC(=O)c2ccc(C=O)cc2)c(C)c1. The molecule has 0 saturated heterocycles. The van der Waals surface area contributed by atoms with Gasteiger partial charge in [-0.3, -0.25) is 14.9 Å². The molecule has 2 aromatic rings. The molecule has 2 rings (SSSR count). The predicted octanol–water partition coefficient (Wildman–Crippen LogP) is 2.62. The number of carbonyl (C=O) groups is 4. The standard InChI is InChI=1S/C19H18N2O5/c1-12-3-8-16(13(2)9-12)20-19(25)21-17(23)11-26-18(24)15-6-4-14(10-22)5-7-15/h3-10H,11H2,1-2H3,(H2,20,21,23,25). The molecule has 0 heterocycles. The molecule has 7 nitrogen and oxygen atoms in total. The van der Waals surface area contributed by atoms with Crippen LogP contribution in [0.4, 0.5) is 10.5 Å². The maximum Gasteiger partial charge on any atom is 0.338 e. The average molecular weight is 354 g/mol. The Morgan fingerprint density at radius 3 is 2.35 bits per heavy atom. The first kappa shape index (κ1) is 18.9. The van der Waals surface area contributed by atoms with Crippen molar-refractivity contribution < 1.29 is 23.9 Å². The monoisotopic (exact) mass is 354 g/mol. The number of benzene rings is 2. The van der Waals surface area contributed by atoms with Crippen LogP contribution in [0.5, 0.6) is 0 Å². The highest BCUT2D eigenvalue weighted by atomic mass is 16.5. The molecule has 0 saturated carbocycles. The lowest BCUT2D eigenvalue weighted by Gasteiger charge is -2.10. The van der Waals surface area contributed by atoms with Crippen molar-refractivity contribution >= 4 is 29.9 Å². The molecule has 0 aliphatic rings. The third-order valence-electron chi connectivity index (χ3n) is 3.50. The van der Waals surface area contributed by atoms with E-state index in [0.29, 0.717) is 17.5 Å². The highest BCUT2D eigenvalue weighted by molar-refractivity contribution is 6.02. The van der Waals surface area contributed by atoms with Gasteiger partial charge in [0, 0.05) is 11.3 Å². The number of hydrogen-bond donors (Lipinski definition) is 2. The van der Waals surface area contributed by atoms with E-state index in [1.807, 2.05) is 26.0 Å². The summed E-state index contributed by atoms with van der Waals surface area (Å²) in [7, 11) is 0. The molecule has 7 heteroatoms. The van der Waals surface area contributed by atoms with Crippen LogP contribution in [0, 0.1) is 13.8 Å². The Morgan fingerprint density at radius 2 is 1.73 bits per heavy atom. The molecule has 134 valence electrons. The van der Waals surface area contributed by atoms with Gasteiger partial charge in [0.05, 0.1) is 5.56 Å². The van der Waals surface area contributed by atoms with Gasteiger partial charge >= 0.3 is 12.0 Å². The molecule has 0 fully saturated rings. The van der Waals surface area contributed by atoms with Crippen molar-refractivity contribution in [2.45, 2.75) is 13.8 Å². The van der Waals surface area contributed by atoms with Gasteiger partial charge in [-0.15, -0.1) is 0 Å². The molecule has 2 aromatic carbocycles. The van der Waals surface area contributed by atoms with Crippen molar-refractivity contribution in [2.24, 2.45) is 0 Å². The summed E-state index contributed by atoms with van der Waals surface area (Å²) in [5.41, 5.74) is 3.11. The highest BCUT2D eigenvalue weighted by Gasteiger charge is 2.13. The van der Waals surface area contributed by atoms with Crippen LogP contribution in [0.25, 0.3) is 0 Å².